The molecule has 1 aromatic carbocycles. The summed E-state index contributed by atoms with van der Waals surface area (Å²) in [5, 5.41) is 14.0. The molecule has 4 nitrogen and oxygen atoms in total. The minimum atomic E-state index is -1.03. The third kappa shape index (κ3) is 3.13. The van der Waals surface area contributed by atoms with Crippen LogP contribution < -0.4 is 5.32 Å². The van der Waals surface area contributed by atoms with Crippen molar-refractivity contribution in [2.24, 2.45) is 5.92 Å². The van der Waals surface area contributed by atoms with Crippen LogP contribution in [0.2, 0.25) is 0 Å². The average molecular weight is 301 g/mol. The Labute approximate surface area is 126 Å². The molecule has 0 spiro atoms. The van der Waals surface area contributed by atoms with E-state index in [-0.39, 0.29) is 17.5 Å². The van der Waals surface area contributed by atoms with Crippen LogP contribution in [0, 0.1) is 5.92 Å². The maximum absolute atomic E-state index is 12.4. The Morgan fingerprint density at radius 3 is 2.57 bits per heavy atom. The van der Waals surface area contributed by atoms with Crippen molar-refractivity contribution >= 4 is 23.2 Å². The molecule has 2 N–H and O–H groups in total. The molecular weight excluding hydrogens is 286 g/mol. The third-order valence-electron chi connectivity index (χ3n) is 3.60. The molecule has 0 aliphatic heterocycles. The van der Waals surface area contributed by atoms with Gasteiger partial charge in [-0.25, -0.2) is 4.79 Å². The number of nitrogens with one attached hydrogen (secondary N) is 1. The fourth-order valence-electron chi connectivity index (χ4n) is 2.34. The topological polar surface area (TPSA) is 66.4 Å². The number of hydrogen-bond donors (Lipinski definition) is 2. The number of carboxylic acids is 1. The second-order valence-electron chi connectivity index (χ2n) is 5.19. The van der Waals surface area contributed by atoms with Gasteiger partial charge in [-0.2, -0.15) is 0 Å². The van der Waals surface area contributed by atoms with Gasteiger partial charge in [0.25, 0.3) is 5.91 Å². The van der Waals surface area contributed by atoms with E-state index in [1.807, 2.05) is 17.5 Å². The third-order valence-corrected chi connectivity index (χ3v) is 4.56. The number of hydrogen-bond acceptors (Lipinski definition) is 3. The molecule has 1 aliphatic carbocycles. The Morgan fingerprint density at radius 1 is 1.19 bits per heavy atom. The molecular formula is C16H15NO3S. The first-order chi connectivity index (χ1) is 10.1. The van der Waals surface area contributed by atoms with Gasteiger partial charge >= 0.3 is 5.97 Å². The van der Waals surface area contributed by atoms with E-state index in [1.165, 1.54) is 12.1 Å². The highest BCUT2D eigenvalue weighted by Crippen LogP contribution is 2.42. The van der Waals surface area contributed by atoms with Crippen LogP contribution in [0.4, 0.5) is 0 Å². The zero-order chi connectivity index (χ0) is 14.8. The first kappa shape index (κ1) is 13.8. The van der Waals surface area contributed by atoms with Gasteiger partial charge in [0, 0.05) is 10.4 Å². The van der Waals surface area contributed by atoms with Crippen molar-refractivity contribution in [3.63, 3.8) is 0 Å². The number of carbonyl (C=O) groups is 2. The molecule has 1 aliphatic rings. The number of aromatic carboxylic acids is 1. The molecule has 21 heavy (non-hydrogen) atoms. The highest BCUT2D eigenvalue weighted by atomic mass is 32.1. The predicted octanol–water partition coefficient (Wildman–Crippen LogP) is 3.33. The largest absolute Gasteiger partial charge is 0.478 e. The van der Waals surface area contributed by atoms with Gasteiger partial charge < -0.3 is 10.4 Å². The predicted molar refractivity (Wildman–Crippen MR) is 80.7 cm³/mol. The Balaban J connectivity index is 1.78. The summed E-state index contributed by atoms with van der Waals surface area (Å²) in [7, 11) is 0. The Morgan fingerprint density at radius 2 is 1.95 bits per heavy atom. The highest BCUT2D eigenvalue weighted by molar-refractivity contribution is 7.10. The lowest BCUT2D eigenvalue weighted by molar-refractivity contribution is 0.0697. The summed E-state index contributed by atoms with van der Waals surface area (Å²) in [6.45, 7) is 0. The van der Waals surface area contributed by atoms with E-state index in [9.17, 15) is 9.59 Å². The summed E-state index contributed by atoms with van der Waals surface area (Å²) in [6, 6.07) is 10.2. The smallest absolute Gasteiger partial charge is 0.335 e. The van der Waals surface area contributed by atoms with Gasteiger partial charge in [0.2, 0.25) is 0 Å². The lowest BCUT2D eigenvalue weighted by atomic mass is 10.1. The number of rotatable bonds is 5. The van der Waals surface area contributed by atoms with Crippen molar-refractivity contribution in [1.29, 1.82) is 0 Å². The number of carbonyl (C=O) groups excluding carboxylic acids is 1. The SMILES string of the molecule is O=C(O)c1cccc(C(=O)NC(c2cccs2)C2CC2)c1. The fraction of sp³-hybridized carbons (Fsp3) is 0.250. The lowest BCUT2D eigenvalue weighted by Gasteiger charge is -2.17. The molecule has 1 saturated carbocycles. The van der Waals surface area contributed by atoms with E-state index in [2.05, 4.69) is 5.32 Å². The van der Waals surface area contributed by atoms with Crippen LogP contribution in [0.15, 0.2) is 41.8 Å². The molecule has 0 radical (unpaired) electrons. The molecule has 1 amide bonds. The number of thiophene rings is 1. The summed E-state index contributed by atoms with van der Waals surface area (Å²) >= 11 is 1.64. The average Bonchev–Trinajstić information content (AvgIpc) is 3.18. The maximum Gasteiger partial charge on any atom is 0.335 e. The summed E-state index contributed by atoms with van der Waals surface area (Å²) < 4.78 is 0. The van der Waals surface area contributed by atoms with Gasteiger partial charge in [-0.15, -0.1) is 11.3 Å². The van der Waals surface area contributed by atoms with Gasteiger partial charge in [0.15, 0.2) is 0 Å². The van der Waals surface area contributed by atoms with Crippen molar-refractivity contribution in [1.82, 2.24) is 5.32 Å². The van der Waals surface area contributed by atoms with Crippen molar-refractivity contribution in [3.8, 4) is 0 Å². The van der Waals surface area contributed by atoms with Crippen molar-refractivity contribution in [2.75, 3.05) is 0 Å². The van der Waals surface area contributed by atoms with E-state index in [0.29, 0.717) is 11.5 Å². The standard InChI is InChI=1S/C16H15NO3S/c18-15(11-3-1-4-12(9-11)16(19)20)17-14(10-6-7-10)13-5-2-8-21-13/h1-5,8-10,14H,6-7H2,(H,17,18)(H,19,20). The zero-order valence-electron chi connectivity index (χ0n) is 11.3. The van der Waals surface area contributed by atoms with Crippen LogP contribution in [0.25, 0.3) is 0 Å². The van der Waals surface area contributed by atoms with E-state index < -0.39 is 5.97 Å². The highest BCUT2D eigenvalue weighted by Gasteiger charge is 2.34. The summed E-state index contributed by atoms with van der Waals surface area (Å²) in [5.74, 6) is -0.750. The van der Waals surface area contributed by atoms with Gasteiger partial charge in [-0.05, 0) is 48.4 Å². The molecule has 1 unspecified atom stereocenters. The normalized spacial score (nSPS) is 15.4. The molecule has 1 fully saturated rings. The van der Waals surface area contributed by atoms with Crippen LogP contribution in [0.3, 0.4) is 0 Å². The Hall–Kier alpha value is -2.14. The number of amides is 1. The first-order valence-corrected chi connectivity index (χ1v) is 7.71. The summed E-state index contributed by atoms with van der Waals surface area (Å²) in [4.78, 5) is 24.5. The molecule has 108 valence electrons. The van der Waals surface area contributed by atoms with Crippen molar-refractivity contribution < 1.29 is 14.7 Å². The second kappa shape index (κ2) is 5.69. The van der Waals surface area contributed by atoms with Crippen LogP contribution in [-0.2, 0) is 0 Å². The van der Waals surface area contributed by atoms with Crippen molar-refractivity contribution in [2.45, 2.75) is 18.9 Å². The Bertz CT molecular complexity index is 662. The minimum Gasteiger partial charge on any atom is -0.478 e. The maximum atomic E-state index is 12.4. The van der Waals surface area contributed by atoms with Crippen LogP contribution in [0.5, 0.6) is 0 Å². The van der Waals surface area contributed by atoms with Crippen LogP contribution in [0.1, 0.15) is 44.5 Å². The second-order valence-corrected chi connectivity index (χ2v) is 6.17. The van der Waals surface area contributed by atoms with Crippen LogP contribution >= 0.6 is 11.3 Å². The molecule has 5 heteroatoms. The molecule has 1 atom stereocenters. The summed E-state index contributed by atoms with van der Waals surface area (Å²) in [5.41, 5.74) is 0.513. The van der Waals surface area contributed by atoms with Crippen LogP contribution in [-0.4, -0.2) is 17.0 Å². The molecule has 1 aromatic heterocycles. The van der Waals surface area contributed by atoms with Gasteiger partial charge in [0.05, 0.1) is 11.6 Å². The molecule has 0 bridgehead atoms. The lowest BCUT2D eigenvalue weighted by Crippen LogP contribution is -2.29. The molecule has 2 aromatic rings. The zero-order valence-corrected chi connectivity index (χ0v) is 12.1. The van der Waals surface area contributed by atoms with Crippen molar-refractivity contribution in [3.05, 3.63) is 57.8 Å². The van der Waals surface area contributed by atoms with E-state index >= 15 is 0 Å². The number of carboxylic acid groups (broad SMARTS) is 1. The Kier molecular flexibility index (Phi) is 3.75. The van der Waals surface area contributed by atoms with Gasteiger partial charge in [-0.3, -0.25) is 4.79 Å². The van der Waals surface area contributed by atoms with E-state index in [1.54, 1.807) is 23.5 Å². The minimum absolute atomic E-state index is 0.0333. The van der Waals surface area contributed by atoms with Gasteiger partial charge in [-0.1, -0.05) is 12.1 Å². The van der Waals surface area contributed by atoms with E-state index in [0.717, 1.165) is 17.7 Å². The number of benzene rings is 1. The molecule has 3 rings (SSSR count). The summed E-state index contributed by atoms with van der Waals surface area (Å²) in [6.07, 6.45) is 2.25. The fourth-order valence-corrected chi connectivity index (χ4v) is 3.21. The molecule has 1 heterocycles. The monoisotopic (exact) mass is 301 g/mol. The first-order valence-electron chi connectivity index (χ1n) is 6.83. The van der Waals surface area contributed by atoms with Gasteiger partial charge in [0.1, 0.15) is 0 Å². The quantitative estimate of drug-likeness (QED) is 0.890. The molecule has 0 saturated heterocycles. The van der Waals surface area contributed by atoms with E-state index in [4.69, 9.17) is 5.11 Å².